The highest BCUT2D eigenvalue weighted by atomic mass is 35.5. The minimum absolute atomic E-state index is 0.0176. The summed E-state index contributed by atoms with van der Waals surface area (Å²) in [5, 5.41) is 10.3. The number of benzene rings is 1. The van der Waals surface area contributed by atoms with Gasteiger partial charge in [0.1, 0.15) is 23.8 Å². The standard InChI is InChI=1S/C26H36ClFN6O4/c1-34-25(30)23(26(36)32-19-2-3-21(28)20(27)12-19)24(33-34)18-10-16-8-15(9-17(16)11-18)13-31-22(35)14-38-7-6-37-5-4-29/h2-3,12,15-18H,4-11,13-14,29-30H2,1H3,(H,31,35)(H,32,36). The number of hydrogen-bond donors (Lipinski definition) is 4. The van der Waals surface area contributed by atoms with Gasteiger partial charge in [0, 0.05) is 31.7 Å². The van der Waals surface area contributed by atoms with E-state index in [1.54, 1.807) is 7.05 Å². The number of ether oxygens (including phenoxy) is 2. The van der Waals surface area contributed by atoms with E-state index in [2.05, 4.69) is 15.7 Å². The van der Waals surface area contributed by atoms with Gasteiger partial charge in [0.25, 0.3) is 5.91 Å². The van der Waals surface area contributed by atoms with Crippen LogP contribution < -0.4 is 22.1 Å². The fourth-order valence-electron chi connectivity index (χ4n) is 5.75. The molecule has 12 heteroatoms. The Morgan fingerprint density at radius 1 is 1.16 bits per heavy atom. The summed E-state index contributed by atoms with van der Waals surface area (Å²) >= 11 is 5.86. The molecule has 4 rings (SSSR count). The third-order valence-corrected chi connectivity index (χ3v) is 7.77. The van der Waals surface area contributed by atoms with Gasteiger partial charge in [-0.2, -0.15) is 5.10 Å². The van der Waals surface area contributed by atoms with Crippen molar-refractivity contribution in [2.45, 2.75) is 31.6 Å². The number of aromatic nitrogens is 2. The highest BCUT2D eigenvalue weighted by Gasteiger charge is 2.44. The lowest BCUT2D eigenvalue weighted by Gasteiger charge is -2.16. The molecule has 0 aliphatic heterocycles. The topological polar surface area (TPSA) is 147 Å². The summed E-state index contributed by atoms with van der Waals surface area (Å²) in [6.07, 6.45) is 3.88. The molecule has 0 saturated heterocycles. The van der Waals surface area contributed by atoms with Crippen molar-refractivity contribution in [1.82, 2.24) is 15.1 Å². The van der Waals surface area contributed by atoms with Gasteiger partial charge in [-0.05, 0) is 61.6 Å². The van der Waals surface area contributed by atoms with E-state index >= 15 is 0 Å². The zero-order valence-electron chi connectivity index (χ0n) is 21.6. The van der Waals surface area contributed by atoms with E-state index < -0.39 is 5.82 Å². The molecule has 2 aliphatic rings. The van der Waals surface area contributed by atoms with Gasteiger partial charge in [-0.1, -0.05) is 11.6 Å². The number of nitrogen functional groups attached to an aromatic ring is 1. The van der Waals surface area contributed by atoms with Gasteiger partial charge in [-0.25, -0.2) is 4.39 Å². The number of nitrogens with two attached hydrogens (primary N) is 2. The predicted molar refractivity (Wildman–Crippen MR) is 142 cm³/mol. The normalized spacial score (nSPS) is 22.4. The number of carbonyl (C=O) groups excluding carboxylic acids is 2. The lowest BCUT2D eigenvalue weighted by Crippen LogP contribution is -2.32. The van der Waals surface area contributed by atoms with Gasteiger partial charge in [-0.15, -0.1) is 0 Å². The number of nitrogens with one attached hydrogen (secondary N) is 2. The summed E-state index contributed by atoms with van der Waals surface area (Å²) in [6.45, 7) is 2.37. The molecule has 2 saturated carbocycles. The highest BCUT2D eigenvalue weighted by molar-refractivity contribution is 6.31. The van der Waals surface area contributed by atoms with Crippen LogP contribution in [0.15, 0.2) is 18.2 Å². The average Bonchev–Trinajstić information content (AvgIpc) is 3.54. The molecule has 2 aromatic rings. The first-order chi connectivity index (χ1) is 18.3. The first kappa shape index (κ1) is 28.3. The Bertz CT molecular complexity index is 1130. The number of halogens is 2. The predicted octanol–water partition coefficient (Wildman–Crippen LogP) is 2.68. The third-order valence-electron chi connectivity index (χ3n) is 7.48. The van der Waals surface area contributed by atoms with Crippen LogP contribution in [0.25, 0.3) is 0 Å². The zero-order valence-corrected chi connectivity index (χ0v) is 22.3. The number of carbonyl (C=O) groups is 2. The van der Waals surface area contributed by atoms with E-state index in [-0.39, 0.29) is 35.2 Å². The summed E-state index contributed by atoms with van der Waals surface area (Å²) in [6, 6.07) is 4.02. The molecular formula is C26H36ClFN6O4. The van der Waals surface area contributed by atoms with Crippen LogP contribution in [0.3, 0.4) is 0 Å². The van der Waals surface area contributed by atoms with Gasteiger partial charge < -0.3 is 31.6 Å². The molecule has 0 spiro atoms. The summed E-state index contributed by atoms with van der Waals surface area (Å²) in [5.74, 6) is 0.773. The molecule has 0 bridgehead atoms. The number of anilines is 2. The van der Waals surface area contributed by atoms with E-state index in [0.717, 1.165) is 25.7 Å². The van der Waals surface area contributed by atoms with Crippen LogP contribution in [0.1, 0.15) is 47.7 Å². The molecular weight excluding hydrogens is 515 g/mol. The lowest BCUT2D eigenvalue weighted by atomic mass is 9.93. The first-order valence-corrected chi connectivity index (χ1v) is 13.4. The molecule has 1 heterocycles. The SMILES string of the molecule is Cn1nc(C2CC3CC(CNC(=O)COCCOCCN)CC3C2)c(C(=O)Nc2ccc(F)c(Cl)c2)c1N. The molecule has 2 aliphatic carbocycles. The smallest absolute Gasteiger partial charge is 0.261 e. The van der Waals surface area contributed by atoms with Crippen molar-refractivity contribution >= 4 is 34.9 Å². The Kier molecular flexibility index (Phi) is 9.59. The van der Waals surface area contributed by atoms with E-state index in [1.807, 2.05) is 0 Å². The second kappa shape index (κ2) is 12.9. The van der Waals surface area contributed by atoms with Crippen molar-refractivity contribution in [3.63, 3.8) is 0 Å². The quantitative estimate of drug-likeness (QED) is 0.297. The maximum Gasteiger partial charge on any atom is 0.261 e. The maximum atomic E-state index is 13.5. The van der Waals surface area contributed by atoms with Crippen LogP contribution in [0.4, 0.5) is 15.9 Å². The van der Waals surface area contributed by atoms with Crippen molar-refractivity contribution in [1.29, 1.82) is 0 Å². The Morgan fingerprint density at radius 2 is 1.87 bits per heavy atom. The summed E-state index contributed by atoms with van der Waals surface area (Å²) in [7, 11) is 1.72. The Morgan fingerprint density at radius 3 is 2.55 bits per heavy atom. The van der Waals surface area contributed by atoms with Gasteiger partial charge in [-0.3, -0.25) is 14.3 Å². The maximum absolute atomic E-state index is 13.5. The second-order valence-corrected chi connectivity index (χ2v) is 10.5. The van der Waals surface area contributed by atoms with E-state index in [1.165, 1.54) is 22.9 Å². The van der Waals surface area contributed by atoms with Crippen molar-refractivity contribution < 1.29 is 23.5 Å². The number of nitrogens with zero attached hydrogens (tertiary/aromatic N) is 2. The molecule has 6 N–H and O–H groups in total. The van der Waals surface area contributed by atoms with Crippen LogP contribution >= 0.6 is 11.6 Å². The lowest BCUT2D eigenvalue weighted by molar-refractivity contribution is -0.126. The second-order valence-electron chi connectivity index (χ2n) is 10.1. The van der Waals surface area contributed by atoms with Gasteiger partial charge in [0.2, 0.25) is 5.91 Å². The van der Waals surface area contributed by atoms with Crippen LogP contribution in [0, 0.1) is 23.6 Å². The molecule has 38 heavy (non-hydrogen) atoms. The molecule has 1 aromatic carbocycles. The summed E-state index contributed by atoms with van der Waals surface area (Å²) < 4.78 is 25.6. The van der Waals surface area contributed by atoms with E-state index in [0.29, 0.717) is 67.6 Å². The fraction of sp³-hybridized carbons (Fsp3) is 0.577. The Labute approximate surface area is 226 Å². The highest BCUT2D eigenvalue weighted by Crippen LogP contribution is 2.52. The number of aryl methyl sites for hydroxylation is 1. The molecule has 2 fully saturated rings. The minimum atomic E-state index is -0.556. The largest absolute Gasteiger partial charge is 0.383 e. The van der Waals surface area contributed by atoms with Crippen molar-refractivity contribution in [3.05, 3.63) is 40.3 Å². The molecule has 208 valence electrons. The van der Waals surface area contributed by atoms with Crippen LogP contribution in [0.5, 0.6) is 0 Å². The van der Waals surface area contributed by atoms with Gasteiger partial charge in [0.15, 0.2) is 0 Å². The number of rotatable bonds is 12. The van der Waals surface area contributed by atoms with Crippen LogP contribution in [-0.4, -0.2) is 61.1 Å². The summed E-state index contributed by atoms with van der Waals surface area (Å²) in [5.41, 5.74) is 13.0. The Hall–Kier alpha value is -2.73. The van der Waals surface area contributed by atoms with Crippen molar-refractivity contribution in [3.8, 4) is 0 Å². The molecule has 2 amide bonds. The van der Waals surface area contributed by atoms with E-state index in [9.17, 15) is 14.0 Å². The van der Waals surface area contributed by atoms with Gasteiger partial charge >= 0.3 is 0 Å². The first-order valence-electron chi connectivity index (χ1n) is 13.0. The molecule has 10 nitrogen and oxygen atoms in total. The fourth-order valence-corrected chi connectivity index (χ4v) is 5.93. The average molecular weight is 551 g/mol. The molecule has 2 unspecified atom stereocenters. The molecule has 2 atom stereocenters. The monoisotopic (exact) mass is 550 g/mol. The van der Waals surface area contributed by atoms with Crippen molar-refractivity contribution in [2.24, 2.45) is 30.5 Å². The minimum Gasteiger partial charge on any atom is -0.383 e. The van der Waals surface area contributed by atoms with Gasteiger partial charge in [0.05, 0.1) is 30.5 Å². The molecule has 0 radical (unpaired) electrons. The zero-order chi connectivity index (χ0) is 27.2. The van der Waals surface area contributed by atoms with E-state index in [4.69, 9.17) is 32.5 Å². The van der Waals surface area contributed by atoms with Crippen LogP contribution in [-0.2, 0) is 21.3 Å². The van der Waals surface area contributed by atoms with Crippen LogP contribution in [0.2, 0.25) is 5.02 Å². The Balaban J connectivity index is 1.28. The van der Waals surface area contributed by atoms with Crippen molar-refractivity contribution in [2.75, 3.05) is 50.6 Å². The molecule has 1 aromatic heterocycles. The third kappa shape index (κ3) is 6.82. The number of fused-ring (bicyclic) bond motifs is 1. The summed E-state index contributed by atoms with van der Waals surface area (Å²) in [4.78, 5) is 25.3. The number of hydrogen-bond acceptors (Lipinski definition) is 7. The number of amides is 2.